The maximum atomic E-state index is 9.71. The molecular formula is C10H14ClNO2. The topological polar surface area (TPSA) is 66.5 Å². The van der Waals surface area contributed by atoms with Gasteiger partial charge in [-0.15, -0.1) is 0 Å². The standard InChI is InChI=1S/C10H14ClNO2/c1-6-7(11)2-3-8(13)10(6)9(14)4-5-12/h2-3,9,13-14H,4-5,12H2,1H3. The minimum atomic E-state index is -0.751. The van der Waals surface area contributed by atoms with Crippen LogP contribution in [0.3, 0.4) is 0 Å². The molecule has 0 spiro atoms. The Morgan fingerprint density at radius 2 is 2.14 bits per heavy atom. The summed E-state index contributed by atoms with van der Waals surface area (Å²) in [4.78, 5) is 0. The van der Waals surface area contributed by atoms with E-state index < -0.39 is 6.10 Å². The number of aromatic hydroxyl groups is 1. The van der Waals surface area contributed by atoms with Crippen LogP contribution in [0.4, 0.5) is 0 Å². The van der Waals surface area contributed by atoms with Gasteiger partial charge < -0.3 is 15.9 Å². The van der Waals surface area contributed by atoms with Crippen molar-refractivity contribution in [2.75, 3.05) is 6.54 Å². The quantitative estimate of drug-likeness (QED) is 0.720. The third-order valence-corrected chi connectivity index (χ3v) is 2.61. The van der Waals surface area contributed by atoms with Crippen molar-refractivity contribution >= 4 is 11.6 Å². The van der Waals surface area contributed by atoms with Gasteiger partial charge in [0, 0.05) is 10.6 Å². The molecule has 0 bridgehead atoms. The summed E-state index contributed by atoms with van der Waals surface area (Å²) in [5.74, 6) is 0.0628. The van der Waals surface area contributed by atoms with Crippen LogP contribution in [-0.2, 0) is 0 Å². The molecule has 0 radical (unpaired) electrons. The number of aliphatic hydroxyl groups is 1. The van der Waals surface area contributed by atoms with E-state index in [9.17, 15) is 10.2 Å². The first kappa shape index (κ1) is 11.3. The lowest BCUT2D eigenvalue weighted by atomic mass is 10.00. The summed E-state index contributed by atoms with van der Waals surface area (Å²) in [5.41, 5.74) is 6.51. The molecule has 0 amide bonds. The molecule has 0 aliphatic carbocycles. The van der Waals surface area contributed by atoms with Crippen LogP contribution in [0.1, 0.15) is 23.7 Å². The lowest BCUT2D eigenvalue weighted by Crippen LogP contribution is -2.08. The van der Waals surface area contributed by atoms with E-state index in [1.54, 1.807) is 13.0 Å². The second-order valence-corrected chi connectivity index (χ2v) is 3.61. The summed E-state index contributed by atoms with van der Waals surface area (Å²) in [5, 5.41) is 19.8. The van der Waals surface area contributed by atoms with Crippen molar-refractivity contribution in [1.29, 1.82) is 0 Å². The second kappa shape index (κ2) is 4.64. The number of aliphatic hydroxyl groups excluding tert-OH is 1. The molecule has 1 atom stereocenters. The van der Waals surface area contributed by atoms with E-state index in [-0.39, 0.29) is 5.75 Å². The highest BCUT2D eigenvalue weighted by atomic mass is 35.5. The molecule has 0 saturated carbocycles. The molecule has 3 nitrogen and oxygen atoms in total. The molecule has 14 heavy (non-hydrogen) atoms. The predicted octanol–water partition coefficient (Wildman–Crippen LogP) is 1.74. The van der Waals surface area contributed by atoms with Gasteiger partial charge in [0.15, 0.2) is 0 Å². The summed E-state index contributed by atoms with van der Waals surface area (Å²) < 4.78 is 0. The average molecular weight is 216 g/mol. The minimum Gasteiger partial charge on any atom is -0.508 e. The first-order chi connectivity index (χ1) is 6.57. The molecular weight excluding hydrogens is 202 g/mol. The fourth-order valence-corrected chi connectivity index (χ4v) is 1.58. The number of phenols is 1. The number of nitrogens with two attached hydrogens (primary N) is 1. The summed E-state index contributed by atoms with van der Waals surface area (Å²) >= 11 is 5.88. The minimum absolute atomic E-state index is 0.0628. The van der Waals surface area contributed by atoms with Crippen LogP contribution >= 0.6 is 11.6 Å². The van der Waals surface area contributed by atoms with E-state index in [1.807, 2.05) is 0 Å². The normalized spacial score (nSPS) is 12.9. The largest absolute Gasteiger partial charge is 0.508 e. The lowest BCUT2D eigenvalue weighted by molar-refractivity contribution is 0.166. The molecule has 0 aliphatic rings. The van der Waals surface area contributed by atoms with Gasteiger partial charge in [0.25, 0.3) is 0 Å². The SMILES string of the molecule is Cc1c(Cl)ccc(O)c1C(O)CCN. The number of hydrogen-bond acceptors (Lipinski definition) is 3. The highest BCUT2D eigenvalue weighted by Gasteiger charge is 2.15. The zero-order valence-electron chi connectivity index (χ0n) is 8.00. The molecule has 1 aromatic carbocycles. The van der Waals surface area contributed by atoms with E-state index in [1.165, 1.54) is 6.07 Å². The number of phenolic OH excluding ortho intramolecular Hbond substituents is 1. The Morgan fingerprint density at radius 3 is 2.71 bits per heavy atom. The van der Waals surface area contributed by atoms with E-state index in [0.29, 0.717) is 29.1 Å². The van der Waals surface area contributed by atoms with Crippen molar-refractivity contribution in [3.63, 3.8) is 0 Å². The Hall–Kier alpha value is -0.770. The molecule has 0 heterocycles. The van der Waals surface area contributed by atoms with Crippen LogP contribution in [0.15, 0.2) is 12.1 Å². The third-order valence-electron chi connectivity index (χ3n) is 2.20. The Bertz CT molecular complexity index is 328. The predicted molar refractivity (Wildman–Crippen MR) is 56.5 cm³/mol. The molecule has 4 heteroatoms. The van der Waals surface area contributed by atoms with Crippen LogP contribution in [-0.4, -0.2) is 16.8 Å². The number of rotatable bonds is 3. The first-order valence-corrected chi connectivity index (χ1v) is 4.81. The molecule has 0 fully saturated rings. The Balaban J connectivity index is 3.11. The molecule has 1 rings (SSSR count). The van der Waals surface area contributed by atoms with Gasteiger partial charge >= 0.3 is 0 Å². The number of hydrogen-bond donors (Lipinski definition) is 3. The van der Waals surface area contributed by atoms with Gasteiger partial charge in [-0.2, -0.15) is 0 Å². The van der Waals surface area contributed by atoms with Gasteiger partial charge in [-0.25, -0.2) is 0 Å². The summed E-state index contributed by atoms with van der Waals surface area (Å²) in [6, 6.07) is 3.08. The van der Waals surface area contributed by atoms with Crippen molar-refractivity contribution in [3.8, 4) is 5.75 Å². The van der Waals surface area contributed by atoms with Gasteiger partial charge in [0.1, 0.15) is 5.75 Å². The van der Waals surface area contributed by atoms with Gasteiger partial charge in [0.05, 0.1) is 6.10 Å². The van der Waals surface area contributed by atoms with Gasteiger partial charge in [-0.1, -0.05) is 11.6 Å². The summed E-state index contributed by atoms with van der Waals surface area (Å²) in [7, 11) is 0. The van der Waals surface area contributed by atoms with Gasteiger partial charge in [-0.3, -0.25) is 0 Å². The third kappa shape index (κ3) is 2.18. The van der Waals surface area contributed by atoms with Gasteiger partial charge in [0.2, 0.25) is 0 Å². The Kier molecular flexibility index (Phi) is 3.75. The van der Waals surface area contributed by atoms with E-state index in [4.69, 9.17) is 17.3 Å². The van der Waals surface area contributed by atoms with Crippen LogP contribution < -0.4 is 5.73 Å². The van der Waals surface area contributed by atoms with E-state index >= 15 is 0 Å². The molecule has 0 saturated heterocycles. The van der Waals surface area contributed by atoms with Crippen molar-refractivity contribution < 1.29 is 10.2 Å². The zero-order chi connectivity index (χ0) is 10.7. The fourth-order valence-electron chi connectivity index (χ4n) is 1.41. The lowest BCUT2D eigenvalue weighted by Gasteiger charge is -2.15. The maximum Gasteiger partial charge on any atom is 0.121 e. The van der Waals surface area contributed by atoms with Crippen LogP contribution in [0.25, 0.3) is 0 Å². The van der Waals surface area contributed by atoms with Gasteiger partial charge in [-0.05, 0) is 37.6 Å². The fraction of sp³-hybridized carbons (Fsp3) is 0.400. The van der Waals surface area contributed by atoms with E-state index in [0.717, 1.165) is 0 Å². The van der Waals surface area contributed by atoms with Crippen molar-refractivity contribution in [2.24, 2.45) is 5.73 Å². The summed E-state index contributed by atoms with van der Waals surface area (Å²) in [6.07, 6.45) is -0.340. The highest BCUT2D eigenvalue weighted by Crippen LogP contribution is 2.33. The monoisotopic (exact) mass is 215 g/mol. The smallest absolute Gasteiger partial charge is 0.121 e. The average Bonchev–Trinajstić information content (AvgIpc) is 2.13. The molecule has 1 unspecified atom stereocenters. The van der Waals surface area contributed by atoms with Crippen LogP contribution in [0, 0.1) is 6.92 Å². The van der Waals surface area contributed by atoms with Crippen LogP contribution in [0.5, 0.6) is 5.75 Å². The second-order valence-electron chi connectivity index (χ2n) is 3.20. The zero-order valence-corrected chi connectivity index (χ0v) is 8.75. The maximum absolute atomic E-state index is 9.71. The Morgan fingerprint density at radius 1 is 1.50 bits per heavy atom. The molecule has 78 valence electrons. The first-order valence-electron chi connectivity index (χ1n) is 4.44. The molecule has 0 aromatic heterocycles. The number of benzene rings is 1. The molecule has 0 aliphatic heterocycles. The van der Waals surface area contributed by atoms with Crippen molar-refractivity contribution in [1.82, 2.24) is 0 Å². The van der Waals surface area contributed by atoms with Crippen LogP contribution in [0.2, 0.25) is 5.02 Å². The highest BCUT2D eigenvalue weighted by molar-refractivity contribution is 6.31. The summed E-state index contributed by atoms with van der Waals surface area (Å²) in [6.45, 7) is 2.13. The molecule has 4 N–H and O–H groups in total. The Labute approximate surface area is 88.1 Å². The molecule has 1 aromatic rings. The van der Waals surface area contributed by atoms with Crippen molar-refractivity contribution in [2.45, 2.75) is 19.4 Å². The van der Waals surface area contributed by atoms with E-state index in [2.05, 4.69) is 0 Å². The number of halogens is 1. The van der Waals surface area contributed by atoms with Crippen molar-refractivity contribution in [3.05, 3.63) is 28.3 Å².